The zero-order valence-corrected chi connectivity index (χ0v) is 25.0. The molecule has 0 aromatic heterocycles. The van der Waals surface area contributed by atoms with E-state index in [-0.39, 0.29) is 10.8 Å². The highest BCUT2D eigenvalue weighted by Crippen LogP contribution is 2.62. The van der Waals surface area contributed by atoms with E-state index < -0.39 is 30.1 Å². The molecule has 0 amide bonds. The molecule has 3 fully saturated rings. The smallest absolute Gasteiger partial charge is 0.434 e. The second-order valence-electron chi connectivity index (χ2n) is 13.4. The van der Waals surface area contributed by atoms with Crippen LogP contribution in [0.3, 0.4) is 0 Å². The lowest BCUT2D eigenvalue weighted by Gasteiger charge is -2.47. The lowest BCUT2D eigenvalue weighted by molar-refractivity contribution is -0.0672. The van der Waals surface area contributed by atoms with Gasteiger partial charge in [0.1, 0.15) is 11.7 Å². The third kappa shape index (κ3) is 7.45. The first-order chi connectivity index (χ1) is 18.2. The van der Waals surface area contributed by atoms with Crippen LogP contribution in [-0.2, 0) is 9.47 Å². The van der Waals surface area contributed by atoms with Crippen molar-refractivity contribution in [1.82, 2.24) is 0 Å². The van der Waals surface area contributed by atoms with Crippen molar-refractivity contribution in [1.29, 1.82) is 0 Å². The number of hydrogen-bond donors (Lipinski definition) is 3. The van der Waals surface area contributed by atoms with Crippen LogP contribution in [0.15, 0.2) is 47.6 Å². The number of aliphatic hydroxyl groups is 3. The van der Waals surface area contributed by atoms with Gasteiger partial charge in [0, 0.05) is 6.42 Å². The molecule has 0 heterocycles. The van der Waals surface area contributed by atoms with Crippen molar-refractivity contribution in [3.8, 4) is 0 Å². The lowest BCUT2D eigenvalue weighted by Crippen LogP contribution is -2.41. The third-order valence-corrected chi connectivity index (χ3v) is 9.61. The predicted molar refractivity (Wildman–Crippen MR) is 155 cm³/mol. The van der Waals surface area contributed by atoms with E-state index in [4.69, 9.17) is 9.47 Å². The maximum Gasteiger partial charge on any atom is 0.508 e. The first kappa shape index (κ1) is 31.6. The number of rotatable bonds is 9. The Balaban J connectivity index is 1.71. The molecule has 39 heavy (non-hydrogen) atoms. The summed E-state index contributed by atoms with van der Waals surface area (Å²) in [7, 11) is 0. The van der Waals surface area contributed by atoms with Gasteiger partial charge in [0.25, 0.3) is 0 Å². The summed E-state index contributed by atoms with van der Waals surface area (Å²) < 4.78 is 10.6. The molecule has 6 nitrogen and oxygen atoms in total. The van der Waals surface area contributed by atoms with Gasteiger partial charge in [-0.2, -0.15) is 0 Å². The van der Waals surface area contributed by atoms with Gasteiger partial charge in [0.15, 0.2) is 0 Å². The van der Waals surface area contributed by atoms with Crippen molar-refractivity contribution in [2.75, 3.05) is 6.61 Å². The van der Waals surface area contributed by atoms with Gasteiger partial charge in [-0.15, -0.1) is 0 Å². The summed E-state index contributed by atoms with van der Waals surface area (Å²) >= 11 is 0. The molecule has 0 saturated heterocycles. The molecule has 220 valence electrons. The number of unbranched alkanes of at least 4 members (excludes halogenated alkanes) is 1. The van der Waals surface area contributed by atoms with Crippen molar-refractivity contribution in [3.63, 3.8) is 0 Å². The first-order valence-corrected chi connectivity index (χ1v) is 14.9. The normalized spacial score (nSPS) is 33.0. The van der Waals surface area contributed by atoms with Crippen LogP contribution in [0.1, 0.15) is 99.3 Å². The van der Waals surface area contributed by atoms with Crippen LogP contribution in [0.5, 0.6) is 0 Å². The molecule has 0 spiro atoms. The molecule has 6 atom stereocenters. The summed E-state index contributed by atoms with van der Waals surface area (Å²) in [4.78, 5) is 12.1. The summed E-state index contributed by atoms with van der Waals surface area (Å²) in [6, 6.07) is 0. The van der Waals surface area contributed by atoms with E-state index in [0.29, 0.717) is 31.3 Å². The zero-order valence-electron chi connectivity index (χ0n) is 25.0. The van der Waals surface area contributed by atoms with Crippen molar-refractivity contribution < 1.29 is 29.6 Å². The van der Waals surface area contributed by atoms with Crippen molar-refractivity contribution in [2.45, 2.75) is 123 Å². The Bertz CT molecular complexity index is 973. The number of ether oxygens (including phenoxy) is 2. The van der Waals surface area contributed by atoms with Crippen molar-refractivity contribution >= 4 is 6.16 Å². The third-order valence-electron chi connectivity index (χ3n) is 9.61. The monoisotopic (exact) mass is 544 g/mol. The summed E-state index contributed by atoms with van der Waals surface area (Å²) in [5.41, 5.74) is 2.01. The van der Waals surface area contributed by atoms with Gasteiger partial charge in [0.05, 0.1) is 18.8 Å². The van der Waals surface area contributed by atoms with Crippen LogP contribution in [0.4, 0.5) is 4.79 Å². The number of carbonyl (C=O) groups is 1. The first-order valence-electron chi connectivity index (χ1n) is 14.9. The van der Waals surface area contributed by atoms with E-state index in [1.54, 1.807) is 19.9 Å². The highest BCUT2D eigenvalue weighted by molar-refractivity contribution is 5.60. The van der Waals surface area contributed by atoms with Gasteiger partial charge in [-0.3, -0.25) is 0 Å². The molecular formula is C33H52O6. The maximum absolute atomic E-state index is 12.1. The van der Waals surface area contributed by atoms with Gasteiger partial charge in [-0.05, 0) is 92.6 Å². The fourth-order valence-electron chi connectivity index (χ4n) is 7.22. The largest absolute Gasteiger partial charge is 0.508 e. The summed E-state index contributed by atoms with van der Waals surface area (Å²) in [6.07, 6.45) is 13.5. The zero-order chi connectivity index (χ0) is 29.0. The lowest BCUT2D eigenvalue weighted by atomic mass is 9.57. The molecule has 3 saturated carbocycles. The Morgan fingerprint density at radius 3 is 2.62 bits per heavy atom. The molecule has 0 unspecified atom stereocenters. The molecular weight excluding hydrogens is 492 g/mol. The van der Waals surface area contributed by atoms with Gasteiger partial charge in [0.2, 0.25) is 0 Å². The number of fused-ring (bicyclic) bond motifs is 1. The van der Waals surface area contributed by atoms with E-state index >= 15 is 0 Å². The number of allylic oxidation sites excluding steroid dienone is 4. The predicted octanol–water partition coefficient (Wildman–Crippen LogP) is 6.80. The average molecular weight is 545 g/mol. The minimum absolute atomic E-state index is 0.138. The molecule has 0 bridgehead atoms. The molecule has 0 aromatic carbocycles. The highest BCUT2D eigenvalue weighted by Gasteiger charge is 2.53. The Morgan fingerprint density at radius 1 is 1.21 bits per heavy atom. The second-order valence-corrected chi connectivity index (χ2v) is 13.4. The fraction of sp³-hybridized carbons (Fsp3) is 0.727. The van der Waals surface area contributed by atoms with Gasteiger partial charge >= 0.3 is 6.16 Å². The SMILES string of the molecule is C=C1/C(=C\C=C2/CCC[C@]3(C)[C@@H](C(C)(C)/C=C/[C@@H](O)C(C)(C)OC(=O)OCCCC)CC[C@@H]23)C[C@@H](O)C[C@@H]1O. The fourth-order valence-corrected chi connectivity index (χ4v) is 7.22. The number of carbonyl (C=O) groups excluding carboxylic acids is 1. The molecule has 0 aromatic rings. The van der Waals surface area contributed by atoms with Gasteiger partial charge in [-0.25, -0.2) is 4.79 Å². The van der Waals surface area contributed by atoms with Crippen molar-refractivity contribution in [3.05, 3.63) is 47.6 Å². The standard InChI is InChI=1S/C33H52O6/c1-8-9-19-38-30(37)39-32(5,6)29(36)16-18-31(3,4)28-15-14-26-23(11-10-17-33(26,28)7)12-13-24-20-25(34)21-27(35)22(24)2/h12-13,16,18,25-29,34-36H,2,8-11,14-15,17,19-21H2,1,3-7H3/b18-16+,23-12+,24-13-/t25-,26+,27+,28-,29-,33+/m1/s1. The van der Waals surface area contributed by atoms with Crippen LogP contribution >= 0.6 is 0 Å². The minimum atomic E-state index is -1.10. The Kier molecular flexibility index (Phi) is 10.3. The molecule has 3 rings (SSSR count). The van der Waals surface area contributed by atoms with Gasteiger partial charge in [-0.1, -0.05) is 70.6 Å². The highest BCUT2D eigenvalue weighted by atomic mass is 16.7. The summed E-state index contributed by atoms with van der Waals surface area (Å²) in [5.74, 6) is 0.918. The van der Waals surface area contributed by atoms with E-state index in [1.165, 1.54) is 12.0 Å². The molecule has 3 aliphatic rings. The topological polar surface area (TPSA) is 96.2 Å². The molecule has 0 aliphatic heterocycles. The number of hydrogen-bond acceptors (Lipinski definition) is 6. The Hall–Kier alpha value is -1.89. The quantitative estimate of drug-likeness (QED) is 0.168. The summed E-state index contributed by atoms with van der Waals surface area (Å²) in [5, 5.41) is 31.3. The van der Waals surface area contributed by atoms with E-state index in [0.717, 1.165) is 49.7 Å². The maximum atomic E-state index is 12.1. The summed E-state index contributed by atoms with van der Waals surface area (Å²) in [6.45, 7) is 16.7. The molecule has 3 N–H and O–H groups in total. The Labute approximate surface area is 235 Å². The van der Waals surface area contributed by atoms with E-state index in [9.17, 15) is 20.1 Å². The second kappa shape index (κ2) is 12.7. The number of aliphatic hydroxyl groups excluding tert-OH is 3. The van der Waals surface area contributed by atoms with Crippen LogP contribution < -0.4 is 0 Å². The van der Waals surface area contributed by atoms with Crippen LogP contribution in [-0.4, -0.2) is 52.0 Å². The van der Waals surface area contributed by atoms with Crippen LogP contribution in [0, 0.1) is 22.7 Å². The van der Waals surface area contributed by atoms with E-state index in [2.05, 4.69) is 45.6 Å². The molecule has 3 aliphatic carbocycles. The minimum Gasteiger partial charge on any atom is -0.434 e. The van der Waals surface area contributed by atoms with Crippen molar-refractivity contribution in [2.24, 2.45) is 22.7 Å². The Morgan fingerprint density at radius 2 is 1.92 bits per heavy atom. The van der Waals surface area contributed by atoms with E-state index in [1.807, 2.05) is 6.92 Å². The van der Waals surface area contributed by atoms with Crippen LogP contribution in [0.25, 0.3) is 0 Å². The molecule has 6 heteroatoms. The molecule has 0 radical (unpaired) electrons. The average Bonchev–Trinajstić information content (AvgIpc) is 3.22. The van der Waals surface area contributed by atoms with Crippen LogP contribution in [0.2, 0.25) is 0 Å². The van der Waals surface area contributed by atoms with Gasteiger partial charge < -0.3 is 24.8 Å².